The summed E-state index contributed by atoms with van der Waals surface area (Å²) >= 11 is 4.27. The third-order valence-corrected chi connectivity index (χ3v) is 5.90. The Hall–Kier alpha value is 0.950. The molecule has 1 rings (SSSR count). The van der Waals surface area contributed by atoms with Gasteiger partial charge in [0.25, 0.3) is 0 Å². The van der Waals surface area contributed by atoms with E-state index in [2.05, 4.69) is 35.3 Å². The lowest BCUT2D eigenvalue weighted by Gasteiger charge is -2.12. The Morgan fingerprint density at radius 2 is 1.55 bits per heavy atom. The topological polar surface area (TPSA) is 3.24 Å². The summed E-state index contributed by atoms with van der Waals surface area (Å²) < 4.78 is 0. The number of halogens is 1. The fraction of sp³-hybridized carbons (Fsp3) is 1.00. The molecule has 0 N–H and O–H groups in total. The number of hydrogen-bond acceptors (Lipinski definition) is 3. The molecule has 1 aliphatic rings. The smallest absolute Gasteiger partial charge is 0.0445 e. The van der Waals surface area contributed by atoms with Gasteiger partial charge in [0.15, 0.2) is 0 Å². The van der Waals surface area contributed by atoms with E-state index in [4.69, 9.17) is 0 Å². The first-order valence-electron chi connectivity index (χ1n) is 8.31. The third kappa shape index (κ3) is 12.7. The first-order valence-corrected chi connectivity index (χ1v) is 10.6. The molecule has 0 radical (unpaired) electrons. The van der Waals surface area contributed by atoms with Gasteiger partial charge in [-0.05, 0) is 37.3 Å². The van der Waals surface area contributed by atoms with Crippen molar-refractivity contribution < 1.29 is 0 Å². The van der Waals surface area contributed by atoms with E-state index >= 15 is 0 Å². The molecule has 0 aromatic heterocycles. The Kier molecular flexibility index (Phi) is 17.1. The number of nitrogens with zero attached hydrogens (tertiary/aromatic N) is 1. The highest BCUT2D eigenvalue weighted by Crippen LogP contribution is 2.15. The van der Waals surface area contributed by atoms with Crippen molar-refractivity contribution in [2.24, 2.45) is 0 Å². The van der Waals surface area contributed by atoms with Crippen molar-refractivity contribution in [2.75, 3.05) is 36.2 Å². The lowest BCUT2D eigenvalue weighted by molar-refractivity contribution is 0.346. The van der Waals surface area contributed by atoms with Crippen molar-refractivity contribution in [1.82, 2.24) is 4.90 Å². The second kappa shape index (κ2) is 16.3. The lowest BCUT2D eigenvalue weighted by Crippen LogP contribution is -2.20. The molecule has 0 aromatic carbocycles. The van der Waals surface area contributed by atoms with Crippen LogP contribution in [0.3, 0.4) is 0 Å². The zero-order valence-electron chi connectivity index (χ0n) is 13.3. The molecule has 0 unspecified atom stereocenters. The Labute approximate surface area is 141 Å². The van der Waals surface area contributed by atoms with Crippen LogP contribution in [0.15, 0.2) is 0 Å². The molecule has 0 atom stereocenters. The molecule has 1 fully saturated rings. The van der Waals surface area contributed by atoms with Crippen LogP contribution in [0.4, 0.5) is 0 Å². The van der Waals surface area contributed by atoms with E-state index < -0.39 is 0 Å². The maximum atomic E-state index is 2.61. The molecule has 122 valence electrons. The van der Waals surface area contributed by atoms with Crippen molar-refractivity contribution >= 4 is 35.9 Å². The highest BCUT2D eigenvalue weighted by atomic mass is 35.5. The van der Waals surface area contributed by atoms with Crippen LogP contribution >= 0.6 is 35.9 Å². The van der Waals surface area contributed by atoms with Crippen LogP contribution in [0.5, 0.6) is 0 Å². The molecular weight excluding hydrogens is 306 g/mol. The zero-order valence-corrected chi connectivity index (χ0v) is 15.7. The molecular formula is C16H34ClNS2. The minimum Gasteiger partial charge on any atom is -0.293 e. The maximum absolute atomic E-state index is 2.61. The van der Waals surface area contributed by atoms with Gasteiger partial charge in [-0.15, -0.1) is 24.2 Å². The van der Waals surface area contributed by atoms with Crippen molar-refractivity contribution in [3.05, 3.63) is 0 Å². The van der Waals surface area contributed by atoms with Gasteiger partial charge in [-0.1, -0.05) is 45.4 Å². The highest BCUT2D eigenvalue weighted by Gasteiger charge is 2.10. The third-order valence-electron chi connectivity index (χ3n) is 3.73. The minimum absolute atomic E-state index is 0. The average molecular weight is 340 g/mol. The van der Waals surface area contributed by atoms with Crippen LogP contribution < -0.4 is 0 Å². The standard InChI is InChI=1S/C16H33NS2.ClH/c1-2-3-4-5-6-9-13-18-14-10-7-8-11-17-12-15-19-16-17;/h2-16H2,1H3;1H. The van der Waals surface area contributed by atoms with E-state index in [1.54, 1.807) is 0 Å². The summed E-state index contributed by atoms with van der Waals surface area (Å²) in [5, 5.41) is 0. The molecule has 0 aromatic rings. The number of thioether (sulfide) groups is 2. The van der Waals surface area contributed by atoms with Gasteiger partial charge in [-0.2, -0.15) is 11.8 Å². The zero-order chi connectivity index (χ0) is 13.6. The van der Waals surface area contributed by atoms with E-state index in [1.807, 2.05) is 0 Å². The predicted octanol–water partition coefficient (Wildman–Crippen LogP) is 5.68. The van der Waals surface area contributed by atoms with Gasteiger partial charge < -0.3 is 0 Å². The van der Waals surface area contributed by atoms with Gasteiger partial charge in [-0.3, -0.25) is 4.90 Å². The summed E-state index contributed by atoms with van der Waals surface area (Å²) in [7, 11) is 0. The first-order chi connectivity index (χ1) is 9.43. The second-order valence-corrected chi connectivity index (χ2v) is 7.90. The van der Waals surface area contributed by atoms with E-state index in [0.717, 1.165) is 0 Å². The van der Waals surface area contributed by atoms with Crippen LogP contribution in [0.2, 0.25) is 0 Å². The lowest BCUT2D eigenvalue weighted by atomic mass is 10.1. The Balaban J connectivity index is 0.00000361. The first kappa shape index (κ1) is 20.9. The molecule has 0 bridgehead atoms. The fourth-order valence-corrected chi connectivity index (χ4v) is 4.48. The van der Waals surface area contributed by atoms with Gasteiger partial charge in [0.2, 0.25) is 0 Å². The summed E-state index contributed by atoms with van der Waals surface area (Å²) in [4.78, 5) is 2.61. The quantitative estimate of drug-likeness (QED) is 0.397. The largest absolute Gasteiger partial charge is 0.293 e. The molecule has 4 heteroatoms. The minimum atomic E-state index is 0. The second-order valence-electron chi connectivity index (χ2n) is 5.60. The number of hydrogen-bond donors (Lipinski definition) is 0. The fourth-order valence-electron chi connectivity index (χ4n) is 2.43. The number of rotatable bonds is 13. The molecule has 0 aliphatic carbocycles. The van der Waals surface area contributed by atoms with Crippen LogP contribution in [0.25, 0.3) is 0 Å². The molecule has 1 nitrogen and oxygen atoms in total. The molecule has 0 saturated carbocycles. The van der Waals surface area contributed by atoms with Crippen molar-refractivity contribution in [2.45, 2.75) is 64.7 Å². The Morgan fingerprint density at radius 3 is 2.20 bits per heavy atom. The summed E-state index contributed by atoms with van der Waals surface area (Å²) in [6.45, 7) is 4.96. The highest BCUT2D eigenvalue weighted by molar-refractivity contribution is 7.99. The average Bonchev–Trinajstić information content (AvgIpc) is 2.93. The molecule has 1 heterocycles. The molecule has 0 amide bonds. The molecule has 20 heavy (non-hydrogen) atoms. The summed E-state index contributed by atoms with van der Waals surface area (Å²) in [6.07, 6.45) is 12.9. The predicted molar refractivity (Wildman–Crippen MR) is 101 cm³/mol. The summed E-state index contributed by atoms with van der Waals surface area (Å²) in [5.74, 6) is 5.43. The summed E-state index contributed by atoms with van der Waals surface area (Å²) in [5.41, 5.74) is 0. The van der Waals surface area contributed by atoms with Gasteiger partial charge in [0.1, 0.15) is 0 Å². The van der Waals surface area contributed by atoms with Crippen molar-refractivity contribution in [3.8, 4) is 0 Å². The van der Waals surface area contributed by atoms with Crippen molar-refractivity contribution in [3.63, 3.8) is 0 Å². The van der Waals surface area contributed by atoms with Crippen LogP contribution in [0.1, 0.15) is 64.7 Å². The van der Waals surface area contributed by atoms with Gasteiger partial charge in [-0.25, -0.2) is 0 Å². The van der Waals surface area contributed by atoms with E-state index in [0.29, 0.717) is 0 Å². The molecule has 1 aliphatic heterocycles. The maximum Gasteiger partial charge on any atom is 0.0445 e. The van der Waals surface area contributed by atoms with E-state index in [-0.39, 0.29) is 12.4 Å². The molecule has 1 saturated heterocycles. The Morgan fingerprint density at radius 1 is 0.900 bits per heavy atom. The molecule has 0 spiro atoms. The van der Waals surface area contributed by atoms with Crippen molar-refractivity contribution in [1.29, 1.82) is 0 Å². The summed E-state index contributed by atoms with van der Waals surface area (Å²) in [6, 6.07) is 0. The van der Waals surface area contributed by atoms with Crippen LogP contribution in [-0.2, 0) is 0 Å². The van der Waals surface area contributed by atoms with Gasteiger partial charge in [0.05, 0.1) is 0 Å². The number of unbranched alkanes of at least 4 members (excludes halogenated alkanes) is 7. The van der Waals surface area contributed by atoms with Crippen LogP contribution in [0, 0.1) is 0 Å². The normalized spacial score (nSPS) is 15.4. The SMILES string of the molecule is CCCCCCCCSCCCCCN1CCSC1.Cl. The Bertz CT molecular complexity index is 187. The van der Waals surface area contributed by atoms with E-state index in [1.165, 1.54) is 94.0 Å². The van der Waals surface area contributed by atoms with Gasteiger partial charge >= 0.3 is 0 Å². The van der Waals surface area contributed by atoms with Crippen LogP contribution in [-0.4, -0.2) is 41.1 Å². The van der Waals surface area contributed by atoms with E-state index in [9.17, 15) is 0 Å². The monoisotopic (exact) mass is 339 g/mol. The van der Waals surface area contributed by atoms with Gasteiger partial charge in [0, 0.05) is 18.2 Å².